The van der Waals surface area contributed by atoms with E-state index in [4.69, 9.17) is 4.42 Å². The van der Waals surface area contributed by atoms with E-state index in [1.165, 1.54) is 44.6 Å². The normalized spacial score (nSPS) is 19.8. The van der Waals surface area contributed by atoms with Crippen LogP contribution in [0.4, 0.5) is 0 Å². The highest BCUT2D eigenvalue weighted by Gasteiger charge is 2.36. The van der Waals surface area contributed by atoms with Crippen molar-refractivity contribution in [3.8, 4) is 0 Å². The molecule has 1 aliphatic carbocycles. The number of hydrogen-bond donors (Lipinski definition) is 1. The molecule has 1 amide bonds. The Hall–Kier alpha value is -2.45. The van der Waals surface area contributed by atoms with Crippen LogP contribution in [0.5, 0.6) is 0 Å². The van der Waals surface area contributed by atoms with Crippen LogP contribution in [-0.2, 0) is 10.0 Å². The van der Waals surface area contributed by atoms with Gasteiger partial charge in [-0.1, -0.05) is 13.0 Å². The summed E-state index contributed by atoms with van der Waals surface area (Å²) in [6.07, 6.45) is 2.56. The third kappa shape index (κ3) is 3.86. The Balaban J connectivity index is 1.66. The summed E-state index contributed by atoms with van der Waals surface area (Å²) in [5, 5.41) is 3.88. The van der Waals surface area contributed by atoms with Gasteiger partial charge < -0.3 is 4.42 Å². The average Bonchev–Trinajstić information content (AvgIpc) is 3.15. The third-order valence-electron chi connectivity index (χ3n) is 4.36. The van der Waals surface area contributed by atoms with Gasteiger partial charge in [-0.05, 0) is 42.7 Å². The van der Waals surface area contributed by atoms with E-state index in [1.54, 1.807) is 6.07 Å². The quantitative estimate of drug-likeness (QED) is 0.620. The van der Waals surface area contributed by atoms with Crippen molar-refractivity contribution in [3.63, 3.8) is 0 Å². The van der Waals surface area contributed by atoms with Gasteiger partial charge in [-0.25, -0.2) is 18.1 Å². The van der Waals surface area contributed by atoms with E-state index in [9.17, 15) is 13.2 Å². The van der Waals surface area contributed by atoms with Crippen LogP contribution in [0.15, 0.2) is 50.8 Å². The van der Waals surface area contributed by atoms with E-state index < -0.39 is 15.9 Å². The topological polar surface area (TPSA) is 92.0 Å². The van der Waals surface area contributed by atoms with Crippen molar-refractivity contribution in [3.05, 3.63) is 53.5 Å². The second-order valence-corrected chi connectivity index (χ2v) is 8.73. The number of carbonyl (C=O) groups is 1. The predicted molar refractivity (Wildman–Crippen MR) is 97.6 cm³/mol. The van der Waals surface area contributed by atoms with E-state index >= 15 is 0 Å². The summed E-state index contributed by atoms with van der Waals surface area (Å²) in [5.41, 5.74) is 2.59. The number of benzene rings is 1. The maximum absolute atomic E-state index is 12.2. The highest BCUT2D eigenvalue weighted by Crippen LogP contribution is 2.47. The number of nitrogens with one attached hydrogen (secondary N) is 1. The molecule has 7 nitrogen and oxygen atoms in total. The minimum atomic E-state index is -3.60. The Morgan fingerprint density at radius 2 is 2.04 bits per heavy atom. The van der Waals surface area contributed by atoms with Gasteiger partial charge in [0.2, 0.25) is 10.0 Å². The van der Waals surface area contributed by atoms with Gasteiger partial charge in [0.25, 0.3) is 5.91 Å². The minimum Gasteiger partial charge on any atom is -0.460 e. The van der Waals surface area contributed by atoms with Crippen LogP contribution in [0.1, 0.15) is 41.1 Å². The molecule has 1 aromatic heterocycles. The zero-order valence-electron chi connectivity index (χ0n) is 14.8. The van der Waals surface area contributed by atoms with Gasteiger partial charge in [0, 0.05) is 25.6 Å². The van der Waals surface area contributed by atoms with Crippen LogP contribution in [0.25, 0.3) is 0 Å². The first-order valence-electron chi connectivity index (χ1n) is 8.25. The Bertz CT molecular complexity index is 947. The van der Waals surface area contributed by atoms with Crippen molar-refractivity contribution in [2.75, 3.05) is 14.1 Å². The van der Waals surface area contributed by atoms with Gasteiger partial charge in [-0.3, -0.25) is 4.79 Å². The molecule has 0 radical (unpaired) electrons. The summed E-state index contributed by atoms with van der Waals surface area (Å²) in [5.74, 6) is 2.12. The molecule has 8 heteroatoms. The average molecular weight is 375 g/mol. The standard InChI is InChI=1S/C18H21N3O4S/c1-12-9-16(12)17-8-7-14(25-17)11-19-20-18(22)13-5-4-6-15(10-13)26(23,24)21(2)3/h4-8,10-12,16H,9H2,1-3H3,(H,20,22)/b19-11-/t12-,16+/m1/s1. The molecule has 0 spiro atoms. The van der Waals surface area contributed by atoms with E-state index in [-0.39, 0.29) is 10.5 Å². The maximum atomic E-state index is 12.2. The highest BCUT2D eigenvalue weighted by atomic mass is 32.2. The number of hydrogen-bond acceptors (Lipinski definition) is 5. The summed E-state index contributed by atoms with van der Waals surface area (Å²) >= 11 is 0. The number of amides is 1. The minimum absolute atomic E-state index is 0.0494. The van der Waals surface area contributed by atoms with Gasteiger partial charge in [0.05, 0.1) is 11.1 Å². The first kappa shape index (κ1) is 18.3. The van der Waals surface area contributed by atoms with Crippen LogP contribution in [0.2, 0.25) is 0 Å². The molecular formula is C18H21N3O4S. The molecule has 1 fully saturated rings. The number of sulfonamides is 1. The monoisotopic (exact) mass is 375 g/mol. The lowest BCUT2D eigenvalue weighted by molar-refractivity contribution is 0.0955. The maximum Gasteiger partial charge on any atom is 0.271 e. The van der Waals surface area contributed by atoms with Crippen LogP contribution < -0.4 is 5.43 Å². The molecule has 138 valence electrons. The molecule has 0 aliphatic heterocycles. The smallest absolute Gasteiger partial charge is 0.271 e. The second kappa shape index (κ2) is 7.05. The van der Waals surface area contributed by atoms with Crippen molar-refractivity contribution < 1.29 is 17.6 Å². The van der Waals surface area contributed by atoms with Gasteiger partial charge in [-0.15, -0.1) is 0 Å². The number of nitrogens with zero attached hydrogens (tertiary/aromatic N) is 2. The molecule has 0 unspecified atom stereocenters. The van der Waals surface area contributed by atoms with Crippen molar-refractivity contribution in [1.29, 1.82) is 0 Å². The number of carbonyl (C=O) groups excluding carboxylic acids is 1. The van der Waals surface area contributed by atoms with Crippen molar-refractivity contribution in [1.82, 2.24) is 9.73 Å². The number of furan rings is 1. The lowest BCUT2D eigenvalue weighted by Gasteiger charge is -2.11. The van der Waals surface area contributed by atoms with Gasteiger partial charge in [0.1, 0.15) is 11.5 Å². The van der Waals surface area contributed by atoms with E-state index in [1.807, 2.05) is 6.07 Å². The molecule has 2 atom stereocenters. The SMILES string of the molecule is C[C@@H]1C[C@@H]1c1ccc(/C=N\NC(=O)c2cccc(S(=O)(=O)N(C)C)c2)o1. The molecular weight excluding hydrogens is 354 g/mol. The summed E-state index contributed by atoms with van der Waals surface area (Å²) in [7, 11) is -0.727. The first-order chi connectivity index (χ1) is 12.3. The number of hydrazone groups is 1. The lowest BCUT2D eigenvalue weighted by atomic mass is 10.2. The zero-order valence-corrected chi connectivity index (χ0v) is 15.7. The van der Waals surface area contributed by atoms with Crippen LogP contribution in [0.3, 0.4) is 0 Å². The summed E-state index contributed by atoms with van der Waals surface area (Å²) < 4.78 is 31.1. The van der Waals surface area contributed by atoms with Crippen molar-refractivity contribution >= 4 is 22.1 Å². The van der Waals surface area contributed by atoms with Crippen LogP contribution in [-0.4, -0.2) is 38.9 Å². The molecule has 1 aromatic carbocycles. The second-order valence-electron chi connectivity index (χ2n) is 6.57. The van der Waals surface area contributed by atoms with Crippen molar-refractivity contribution in [2.45, 2.75) is 24.2 Å². The summed E-state index contributed by atoms with van der Waals surface area (Å²) in [4.78, 5) is 12.2. The van der Waals surface area contributed by atoms with E-state index in [0.29, 0.717) is 17.6 Å². The molecule has 1 heterocycles. The lowest BCUT2D eigenvalue weighted by Crippen LogP contribution is -2.23. The zero-order chi connectivity index (χ0) is 18.9. The van der Waals surface area contributed by atoms with Gasteiger partial charge in [-0.2, -0.15) is 5.10 Å². The number of rotatable bonds is 6. The van der Waals surface area contributed by atoms with Gasteiger partial charge in [0.15, 0.2) is 0 Å². The third-order valence-corrected chi connectivity index (χ3v) is 6.17. The summed E-state index contributed by atoms with van der Waals surface area (Å²) in [6.45, 7) is 2.17. The molecule has 26 heavy (non-hydrogen) atoms. The molecule has 1 N–H and O–H groups in total. The summed E-state index contributed by atoms with van der Waals surface area (Å²) in [6, 6.07) is 9.54. The van der Waals surface area contributed by atoms with Crippen molar-refractivity contribution in [2.24, 2.45) is 11.0 Å². The Kier molecular flexibility index (Phi) is 4.97. The molecule has 1 saturated carbocycles. The fraction of sp³-hybridized carbons (Fsp3) is 0.333. The fourth-order valence-corrected chi connectivity index (χ4v) is 3.53. The fourth-order valence-electron chi connectivity index (χ4n) is 2.58. The molecule has 0 saturated heterocycles. The highest BCUT2D eigenvalue weighted by molar-refractivity contribution is 7.89. The predicted octanol–water partition coefficient (Wildman–Crippen LogP) is 2.42. The Labute approximate surface area is 152 Å². The largest absolute Gasteiger partial charge is 0.460 e. The van der Waals surface area contributed by atoms with E-state index in [2.05, 4.69) is 17.5 Å². The molecule has 0 bridgehead atoms. The molecule has 2 aromatic rings. The van der Waals surface area contributed by atoms with Crippen LogP contribution in [0, 0.1) is 5.92 Å². The Morgan fingerprint density at radius 3 is 2.69 bits per heavy atom. The molecule has 1 aliphatic rings. The first-order valence-corrected chi connectivity index (χ1v) is 9.69. The van der Waals surface area contributed by atoms with Gasteiger partial charge >= 0.3 is 0 Å². The Morgan fingerprint density at radius 1 is 1.31 bits per heavy atom. The molecule has 3 rings (SSSR count). The van der Waals surface area contributed by atoms with E-state index in [0.717, 1.165) is 16.5 Å². The van der Waals surface area contributed by atoms with Crippen LogP contribution >= 0.6 is 0 Å².